The Morgan fingerprint density at radius 2 is 1.95 bits per heavy atom. The van der Waals surface area contributed by atoms with Crippen molar-refractivity contribution in [2.45, 2.75) is 11.4 Å². The van der Waals surface area contributed by atoms with Crippen molar-refractivity contribution < 1.29 is 9.59 Å². The summed E-state index contributed by atoms with van der Waals surface area (Å²) in [5.74, 6) is -1.35. The summed E-state index contributed by atoms with van der Waals surface area (Å²) in [5.41, 5.74) is 1.47. The minimum absolute atomic E-state index is 0.268. The summed E-state index contributed by atoms with van der Waals surface area (Å²) in [6.07, 6.45) is 5.20. The second-order valence-corrected chi connectivity index (χ2v) is 5.05. The van der Waals surface area contributed by atoms with E-state index in [1.54, 1.807) is 24.5 Å². The van der Waals surface area contributed by atoms with E-state index in [0.717, 1.165) is 10.5 Å². The van der Waals surface area contributed by atoms with Crippen LogP contribution in [-0.4, -0.2) is 23.1 Å². The molecule has 0 aliphatic carbocycles. The first-order valence-corrected chi connectivity index (χ1v) is 7.54. The normalized spacial score (nSPS) is 9.95. The highest BCUT2D eigenvalue weighted by molar-refractivity contribution is 7.98. The number of carbonyl (C=O) groups excluding carboxylic acids is 2. The fourth-order valence-corrected chi connectivity index (χ4v) is 2.25. The number of nitrogens with one attached hydrogen (secondary N) is 2. The molecule has 1 heterocycles. The minimum atomic E-state index is -0.680. The van der Waals surface area contributed by atoms with Crippen LogP contribution < -0.4 is 10.6 Å². The summed E-state index contributed by atoms with van der Waals surface area (Å²) in [7, 11) is 0. The van der Waals surface area contributed by atoms with Gasteiger partial charge in [0.25, 0.3) is 0 Å². The number of carbonyl (C=O) groups is 2. The lowest BCUT2D eigenvalue weighted by atomic mass is 10.3. The van der Waals surface area contributed by atoms with Gasteiger partial charge in [0, 0.05) is 23.8 Å². The topological polar surface area (TPSA) is 71.1 Å². The molecule has 0 aliphatic heterocycles. The van der Waals surface area contributed by atoms with E-state index in [9.17, 15) is 9.59 Å². The number of thioether (sulfide) groups is 1. The Bertz CT molecular complexity index is 632. The molecule has 5 nitrogen and oxygen atoms in total. The molecule has 2 rings (SSSR count). The van der Waals surface area contributed by atoms with Crippen molar-refractivity contribution >= 4 is 29.3 Å². The molecule has 0 bridgehead atoms. The number of para-hydroxylation sites is 1. The van der Waals surface area contributed by atoms with Crippen molar-refractivity contribution in [3.05, 3.63) is 54.4 Å². The van der Waals surface area contributed by atoms with Gasteiger partial charge in [0.05, 0.1) is 5.69 Å². The van der Waals surface area contributed by atoms with Crippen LogP contribution in [0.15, 0.2) is 53.7 Å². The van der Waals surface area contributed by atoms with Crippen LogP contribution in [-0.2, 0) is 16.1 Å². The minimum Gasteiger partial charge on any atom is -0.344 e. The molecular formula is C15H15N3O2S. The van der Waals surface area contributed by atoms with Crippen LogP contribution in [0.25, 0.3) is 0 Å². The number of pyridine rings is 1. The fraction of sp³-hybridized carbons (Fsp3) is 0.133. The van der Waals surface area contributed by atoms with Crippen LogP contribution in [0.4, 0.5) is 5.69 Å². The van der Waals surface area contributed by atoms with E-state index in [0.29, 0.717) is 5.69 Å². The maximum absolute atomic E-state index is 11.9. The molecule has 2 aromatic rings. The zero-order chi connectivity index (χ0) is 15.1. The Labute approximate surface area is 127 Å². The van der Waals surface area contributed by atoms with E-state index < -0.39 is 11.8 Å². The van der Waals surface area contributed by atoms with E-state index in [2.05, 4.69) is 15.6 Å². The van der Waals surface area contributed by atoms with Gasteiger partial charge in [0.1, 0.15) is 0 Å². The maximum Gasteiger partial charge on any atom is 0.313 e. The Morgan fingerprint density at radius 3 is 2.67 bits per heavy atom. The third kappa shape index (κ3) is 4.32. The van der Waals surface area contributed by atoms with Gasteiger partial charge >= 0.3 is 11.8 Å². The molecule has 21 heavy (non-hydrogen) atoms. The molecule has 108 valence electrons. The molecule has 0 saturated heterocycles. The smallest absolute Gasteiger partial charge is 0.313 e. The van der Waals surface area contributed by atoms with Gasteiger partial charge in [-0.15, -0.1) is 11.8 Å². The summed E-state index contributed by atoms with van der Waals surface area (Å²) < 4.78 is 0. The number of anilines is 1. The van der Waals surface area contributed by atoms with Gasteiger partial charge in [0.2, 0.25) is 0 Å². The standard InChI is InChI=1S/C15H15N3O2S/c1-21-13-7-3-2-6-12(13)18-15(20)14(19)17-10-11-5-4-8-16-9-11/h2-9H,10H2,1H3,(H,17,19)(H,18,20). The van der Waals surface area contributed by atoms with Crippen molar-refractivity contribution in [1.29, 1.82) is 0 Å². The molecule has 2 N–H and O–H groups in total. The van der Waals surface area contributed by atoms with Crippen LogP contribution >= 0.6 is 11.8 Å². The van der Waals surface area contributed by atoms with Crippen molar-refractivity contribution in [3.8, 4) is 0 Å². The largest absolute Gasteiger partial charge is 0.344 e. The van der Waals surface area contributed by atoms with Gasteiger partial charge in [-0.05, 0) is 30.0 Å². The third-order valence-corrected chi connectivity index (χ3v) is 3.53. The number of aromatic nitrogens is 1. The predicted molar refractivity (Wildman–Crippen MR) is 82.9 cm³/mol. The first kappa shape index (κ1) is 15.1. The molecule has 0 fully saturated rings. The number of hydrogen-bond donors (Lipinski definition) is 2. The summed E-state index contributed by atoms with van der Waals surface area (Å²) in [5, 5.41) is 5.17. The first-order valence-electron chi connectivity index (χ1n) is 6.32. The zero-order valence-electron chi connectivity index (χ0n) is 11.5. The molecule has 1 aromatic heterocycles. The Morgan fingerprint density at radius 1 is 1.14 bits per heavy atom. The van der Waals surface area contributed by atoms with Crippen molar-refractivity contribution in [2.75, 3.05) is 11.6 Å². The van der Waals surface area contributed by atoms with Gasteiger partial charge in [-0.3, -0.25) is 14.6 Å². The molecule has 0 unspecified atom stereocenters. The highest BCUT2D eigenvalue weighted by atomic mass is 32.2. The summed E-state index contributed by atoms with van der Waals surface area (Å²) in [6, 6.07) is 10.9. The summed E-state index contributed by atoms with van der Waals surface area (Å²) in [6.45, 7) is 0.268. The third-order valence-electron chi connectivity index (χ3n) is 2.74. The molecule has 6 heteroatoms. The molecule has 0 radical (unpaired) electrons. The molecule has 1 aromatic carbocycles. The molecule has 0 atom stereocenters. The maximum atomic E-state index is 11.9. The zero-order valence-corrected chi connectivity index (χ0v) is 12.3. The van der Waals surface area contributed by atoms with Crippen LogP contribution in [0, 0.1) is 0 Å². The van der Waals surface area contributed by atoms with Crippen LogP contribution in [0.1, 0.15) is 5.56 Å². The SMILES string of the molecule is CSc1ccccc1NC(=O)C(=O)NCc1cccnc1. The van der Waals surface area contributed by atoms with E-state index in [1.807, 2.05) is 30.5 Å². The first-order chi connectivity index (χ1) is 10.2. The van der Waals surface area contributed by atoms with Gasteiger partial charge in [-0.25, -0.2) is 0 Å². The average molecular weight is 301 g/mol. The lowest BCUT2D eigenvalue weighted by Gasteiger charge is -2.09. The van der Waals surface area contributed by atoms with E-state index in [4.69, 9.17) is 0 Å². The number of nitrogens with zero attached hydrogens (tertiary/aromatic N) is 1. The van der Waals surface area contributed by atoms with E-state index in [-0.39, 0.29) is 6.54 Å². The Kier molecular flexibility index (Phi) is 5.34. The molecule has 0 saturated carbocycles. The lowest BCUT2D eigenvalue weighted by Crippen LogP contribution is -2.35. The van der Waals surface area contributed by atoms with Crippen molar-refractivity contribution in [3.63, 3.8) is 0 Å². The van der Waals surface area contributed by atoms with Gasteiger partial charge < -0.3 is 10.6 Å². The fourth-order valence-electron chi connectivity index (χ4n) is 1.69. The predicted octanol–water partition coefficient (Wildman–Crippen LogP) is 2.06. The van der Waals surface area contributed by atoms with Gasteiger partial charge in [0.15, 0.2) is 0 Å². The van der Waals surface area contributed by atoms with Crippen molar-refractivity contribution in [1.82, 2.24) is 10.3 Å². The summed E-state index contributed by atoms with van der Waals surface area (Å²) >= 11 is 1.50. The molecule has 0 aliphatic rings. The second kappa shape index (κ2) is 7.44. The number of rotatable bonds is 4. The average Bonchev–Trinajstić information content (AvgIpc) is 2.54. The van der Waals surface area contributed by atoms with Crippen LogP contribution in [0.2, 0.25) is 0 Å². The van der Waals surface area contributed by atoms with E-state index >= 15 is 0 Å². The lowest BCUT2D eigenvalue weighted by molar-refractivity contribution is -0.136. The van der Waals surface area contributed by atoms with E-state index in [1.165, 1.54) is 11.8 Å². The van der Waals surface area contributed by atoms with Crippen LogP contribution in [0.5, 0.6) is 0 Å². The summed E-state index contributed by atoms with van der Waals surface area (Å²) in [4.78, 5) is 28.5. The van der Waals surface area contributed by atoms with Crippen LogP contribution in [0.3, 0.4) is 0 Å². The monoisotopic (exact) mass is 301 g/mol. The number of amides is 2. The van der Waals surface area contributed by atoms with Gasteiger partial charge in [-0.1, -0.05) is 18.2 Å². The number of hydrogen-bond acceptors (Lipinski definition) is 4. The molecule has 0 spiro atoms. The second-order valence-electron chi connectivity index (χ2n) is 4.20. The Balaban J connectivity index is 1.92. The highest BCUT2D eigenvalue weighted by Gasteiger charge is 2.14. The highest BCUT2D eigenvalue weighted by Crippen LogP contribution is 2.24. The molecular weight excluding hydrogens is 286 g/mol. The van der Waals surface area contributed by atoms with Gasteiger partial charge in [-0.2, -0.15) is 0 Å². The Hall–Kier alpha value is -2.34. The number of benzene rings is 1. The van der Waals surface area contributed by atoms with Crippen molar-refractivity contribution in [2.24, 2.45) is 0 Å². The quantitative estimate of drug-likeness (QED) is 0.670. The molecule has 2 amide bonds.